The molecular formula is C14H16FNO3. The molecule has 1 heterocycles. The fraction of sp³-hybridized carbons (Fsp3) is 0.500. The highest BCUT2D eigenvalue weighted by atomic mass is 19.1. The molecule has 2 fully saturated rings. The van der Waals surface area contributed by atoms with Crippen molar-refractivity contribution in [2.45, 2.75) is 31.4 Å². The highest BCUT2D eigenvalue weighted by molar-refractivity contribution is 5.97. The van der Waals surface area contributed by atoms with Gasteiger partial charge in [-0.25, -0.2) is 4.39 Å². The van der Waals surface area contributed by atoms with Gasteiger partial charge in [-0.05, 0) is 43.4 Å². The summed E-state index contributed by atoms with van der Waals surface area (Å²) in [6, 6.07) is 3.32. The van der Waals surface area contributed by atoms with E-state index >= 15 is 0 Å². The summed E-state index contributed by atoms with van der Waals surface area (Å²) in [6.07, 6.45) is 3.12. The van der Waals surface area contributed by atoms with Crippen molar-refractivity contribution in [3.05, 3.63) is 29.6 Å². The quantitative estimate of drug-likeness (QED) is 0.876. The monoisotopic (exact) mass is 265 g/mol. The molecule has 1 aromatic rings. The maximum absolute atomic E-state index is 13.1. The molecule has 2 atom stereocenters. The van der Waals surface area contributed by atoms with E-state index in [2.05, 4.69) is 5.32 Å². The van der Waals surface area contributed by atoms with Gasteiger partial charge in [0, 0.05) is 6.61 Å². The second-order valence-corrected chi connectivity index (χ2v) is 5.20. The Morgan fingerprint density at radius 3 is 2.89 bits per heavy atom. The maximum Gasteiger partial charge on any atom is 0.255 e. The number of carbonyl (C=O) groups excluding carboxylic acids is 1. The standard InChI is InChI=1S/C14H16FNO3/c15-9-3-4-12(17)10(7-9)14(18)16-11-5-6-19-13(11)8-1-2-8/h3-4,7-8,11,13,17H,1-2,5-6H2,(H,16,18). The summed E-state index contributed by atoms with van der Waals surface area (Å²) in [5.41, 5.74) is -0.0264. The average molecular weight is 265 g/mol. The third-order valence-electron chi connectivity index (χ3n) is 3.74. The van der Waals surface area contributed by atoms with E-state index in [-0.39, 0.29) is 23.5 Å². The minimum atomic E-state index is -0.538. The lowest BCUT2D eigenvalue weighted by atomic mass is 10.1. The molecule has 2 unspecified atom stereocenters. The molecule has 102 valence electrons. The molecule has 4 nitrogen and oxygen atoms in total. The normalized spacial score (nSPS) is 26.4. The Labute approximate surface area is 110 Å². The molecule has 2 N–H and O–H groups in total. The van der Waals surface area contributed by atoms with Crippen LogP contribution in [0.4, 0.5) is 4.39 Å². The molecule has 0 spiro atoms. The molecule has 19 heavy (non-hydrogen) atoms. The predicted molar refractivity (Wildman–Crippen MR) is 66.4 cm³/mol. The van der Waals surface area contributed by atoms with E-state index in [1.54, 1.807) is 0 Å². The Balaban J connectivity index is 1.72. The predicted octanol–water partition coefficient (Wildman–Crippen LogP) is 1.83. The van der Waals surface area contributed by atoms with Crippen molar-refractivity contribution in [3.63, 3.8) is 0 Å². The third kappa shape index (κ3) is 2.56. The number of benzene rings is 1. The number of amides is 1. The SMILES string of the molecule is O=C(NC1CCOC1C1CC1)c1cc(F)ccc1O. The molecular weight excluding hydrogens is 249 g/mol. The molecule has 1 saturated carbocycles. The molecule has 0 bridgehead atoms. The van der Waals surface area contributed by atoms with Crippen LogP contribution in [0.2, 0.25) is 0 Å². The van der Waals surface area contributed by atoms with Crippen molar-refractivity contribution in [3.8, 4) is 5.75 Å². The van der Waals surface area contributed by atoms with E-state index in [0.717, 1.165) is 31.4 Å². The average Bonchev–Trinajstić information content (AvgIpc) is 3.13. The topological polar surface area (TPSA) is 58.6 Å². The summed E-state index contributed by atoms with van der Waals surface area (Å²) in [5.74, 6) is -0.655. The van der Waals surface area contributed by atoms with Gasteiger partial charge in [0.2, 0.25) is 0 Å². The number of aromatic hydroxyl groups is 1. The van der Waals surface area contributed by atoms with Crippen LogP contribution in [0.25, 0.3) is 0 Å². The lowest BCUT2D eigenvalue weighted by Crippen LogP contribution is -2.41. The van der Waals surface area contributed by atoms with Crippen LogP contribution in [0.3, 0.4) is 0 Å². The smallest absolute Gasteiger partial charge is 0.255 e. The van der Waals surface area contributed by atoms with E-state index < -0.39 is 11.7 Å². The number of rotatable bonds is 3. The Bertz CT molecular complexity index is 501. The van der Waals surface area contributed by atoms with E-state index in [0.29, 0.717) is 12.5 Å². The first-order valence-corrected chi connectivity index (χ1v) is 6.56. The summed E-state index contributed by atoms with van der Waals surface area (Å²) >= 11 is 0. The minimum absolute atomic E-state index is 0.0264. The lowest BCUT2D eigenvalue weighted by molar-refractivity contribution is 0.0728. The number of ether oxygens (including phenoxy) is 1. The molecule has 3 rings (SSSR count). The van der Waals surface area contributed by atoms with Crippen molar-refractivity contribution in [2.24, 2.45) is 5.92 Å². The van der Waals surface area contributed by atoms with Gasteiger partial charge in [-0.3, -0.25) is 4.79 Å². The van der Waals surface area contributed by atoms with Gasteiger partial charge in [-0.1, -0.05) is 0 Å². The summed E-state index contributed by atoms with van der Waals surface area (Å²) in [5, 5.41) is 12.5. The fourth-order valence-electron chi connectivity index (χ4n) is 2.59. The Kier molecular flexibility index (Phi) is 3.14. The highest BCUT2D eigenvalue weighted by Gasteiger charge is 2.41. The van der Waals surface area contributed by atoms with Crippen LogP contribution < -0.4 is 5.32 Å². The molecule has 0 radical (unpaired) electrons. The van der Waals surface area contributed by atoms with Crippen LogP contribution in [0.5, 0.6) is 5.75 Å². The molecule has 1 amide bonds. The zero-order valence-corrected chi connectivity index (χ0v) is 10.4. The van der Waals surface area contributed by atoms with Gasteiger partial charge in [-0.15, -0.1) is 0 Å². The van der Waals surface area contributed by atoms with Gasteiger partial charge in [-0.2, -0.15) is 0 Å². The van der Waals surface area contributed by atoms with Gasteiger partial charge in [0.1, 0.15) is 11.6 Å². The van der Waals surface area contributed by atoms with Crippen molar-refractivity contribution in [1.29, 1.82) is 0 Å². The molecule has 1 aliphatic carbocycles. The van der Waals surface area contributed by atoms with Gasteiger partial charge >= 0.3 is 0 Å². The van der Waals surface area contributed by atoms with Crippen LogP contribution in [0.1, 0.15) is 29.6 Å². The Hall–Kier alpha value is -1.62. The largest absolute Gasteiger partial charge is 0.507 e. The van der Waals surface area contributed by atoms with Crippen molar-refractivity contribution in [2.75, 3.05) is 6.61 Å². The van der Waals surface area contributed by atoms with Gasteiger partial charge in [0.25, 0.3) is 5.91 Å². The molecule has 1 saturated heterocycles. The molecule has 2 aliphatic rings. The van der Waals surface area contributed by atoms with Gasteiger partial charge < -0.3 is 15.2 Å². The lowest BCUT2D eigenvalue weighted by Gasteiger charge is -2.19. The van der Waals surface area contributed by atoms with Crippen LogP contribution in [-0.2, 0) is 4.74 Å². The number of halogens is 1. The second-order valence-electron chi connectivity index (χ2n) is 5.20. The van der Waals surface area contributed by atoms with Gasteiger partial charge in [0.05, 0.1) is 17.7 Å². The number of carbonyl (C=O) groups is 1. The van der Waals surface area contributed by atoms with Crippen molar-refractivity contribution < 1.29 is 19.0 Å². The number of nitrogens with one attached hydrogen (secondary N) is 1. The molecule has 5 heteroatoms. The number of hydrogen-bond acceptors (Lipinski definition) is 3. The summed E-state index contributed by atoms with van der Waals surface area (Å²) in [6.45, 7) is 0.640. The first-order chi connectivity index (χ1) is 9.15. The number of phenols is 1. The van der Waals surface area contributed by atoms with E-state index in [1.165, 1.54) is 6.07 Å². The molecule has 1 aromatic carbocycles. The highest BCUT2D eigenvalue weighted by Crippen LogP contribution is 2.38. The number of hydrogen-bond donors (Lipinski definition) is 2. The van der Waals surface area contributed by atoms with Gasteiger partial charge in [0.15, 0.2) is 0 Å². The zero-order chi connectivity index (χ0) is 13.4. The van der Waals surface area contributed by atoms with Crippen LogP contribution in [-0.4, -0.2) is 29.8 Å². The summed E-state index contributed by atoms with van der Waals surface area (Å²) in [4.78, 5) is 12.1. The maximum atomic E-state index is 13.1. The minimum Gasteiger partial charge on any atom is -0.507 e. The first kappa shape index (κ1) is 12.4. The van der Waals surface area contributed by atoms with Crippen LogP contribution in [0.15, 0.2) is 18.2 Å². The van der Waals surface area contributed by atoms with Crippen molar-refractivity contribution in [1.82, 2.24) is 5.32 Å². The number of phenolic OH excluding ortho intramolecular Hbond substituents is 1. The molecule has 1 aliphatic heterocycles. The fourth-order valence-corrected chi connectivity index (χ4v) is 2.59. The van der Waals surface area contributed by atoms with E-state index in [1.807, 2.05) is 0 Å². The molecule has 0 aromatic heterocycles. The zero-order valence-electron chi connectivity index (χ0n) is 10.4. The van der Waals surface area contributed by atoms with E-state index in [4.69, 9.17) is 4.74 Å². The second kappa shape index (κ2) is 4.81. The first-order valence-electron chi connectivity index (χ1n) is 6.56. The Morgan fingerprint density at radius 1 is 1.37 bits per heavy atom. The Morgan fingerprint density at radius 2 is 2.16 bits per heavy atom. The summed E-state index contributed by atoms with van der Waals surface area (Å²) in [7, 11) is 0. The summed E-state index contributed by atoms with van der Waals surface area (Å²) < 4.78 is 18.7. The van der Waals surface area contributed by atoms with Crippen molar-refractivity contribution >= 4 is 5.91 Å². The van der Waals surface area contributed by atoms with Crippen LogP contribution in [0, 0.1) is 11.7 Å². The van der Waals surface area contributed by atoms with E-state index in [9.17, 15) is 14.3 Å². The third-order valence-corrected chi connectivity index (χ3v) is 3.74. The van der Waals surface area contributed by atoms with Crippen LogP contribution >= 0.6 is 0 Å².